The van der Waals surface area contributed by atoms with Crippen molar-refractivity contribution in [1.29, 1.82) is 0 Å². The Bertz CT molecular complexity index is 1880. The van der Waals surface area contributed by atoms with Crippen LogP contribution in [0.15, 0.2) is 91.7 Å². The first-order valence-electron chi connectivity index (χ1n) is 16.8. The summed E-state index contributed by atoms with van der Waals surface area (Å²) in [5, 5.41) is 1.81. The van der Waals surface area contributed by atoms with Gasteiger partial charge < -0.3 is 32.5 Å². The minimum absolute atomic E-state index is 0. The molecule has 2 aromatic heterocycles. The topological polar surface area (TPSA) is 92.8 Å². The van der Waals surface area contributed by atoms with Gasteiger partial charge in [0.05, 0.1) is 35.4 Å². The van der Waals surface area contributed by atoms with Gasteiger partial charge in [0.15, 0.2) is 0 Å². The van der Waals surface area contributed by atoms with Crippen molar-refractivity contribution in [2.75, 3.05) is 13.2 Å². The van der Waals surface area contributed by atoms with Gasteiger partial charge in [0.2, 0.25) is 0 Å². The van der Waals surface area contributed by atoms with Crippen LogP contribution in [0.1, 0.15) is 67.2 Å². The third-order valence-corrected chi connectivity index (χ3v) is 9.27. The predicted octanol–water partition coefficient (Wildman–Crippen LogP) is 7.07. The molecule has 49 heavy (non-hydrogen) atoms. The number of furan rings is 1. The van der Waals surface area contributed by atoms with Crippen LogP contribution < -0.4 is 21.0 Å². The molecule has 1 aromatic carbocycles. The van der Waals surface area contributed by atoms with Crippen LogP contribution in [-0.4, -0.2) is 36.6 Å². The van der Waals surface area contributed by atoms with Gasteiger partial charge in [-0.25, -0.2) is 17.3 Å². The number of hydrogen-bond acceptors (Lipinski definition) is 8. The van der Waals surface area contributed by atoms with Crippen molar-refractivity contribution in [3.8, 4) is 5.75 Å². The molecule has 2 unspecified atom stereocenters. The van der Waals surface area contributed by atoms with Crippen molar-refractivity contribution in [3.63, 3.8) is 0 Å². The van der Waals surface area contributed by atoms with Crippen LogP contribution in [0, 0.1) is 49.7 Å². The minimum Gasteiger partial charge on any atom is -0.551 e. The average molecular weight is 893 g/mol. The fourth-order valence-corrected chi connectivity index (χ4v) is 6.08. The van der Waals surface area contributed by atoms with Crippen LogP contribution in [0.3, 0.4) is 0 Å². The number of epoxide rings is 1. The molecular weight excluding hydrogens is 846 g/mol. The van der Waals surface area contributed by atoms with Crippen LogP contribution in [0.4, 0.5) is 0 Å². The second-order valence-electron chi connectivity index (χ2n) is 13.9. The molecule has 0 radical (unpaired) electrons. The molecular formula is C40H46O8U. The van der Waals surface area contributed by atoms with E-state index < -0.39 is 5.60 Å². The van der Waals surface area contributed by atoms with Gasteiger partial charge in [-0.3, -0.25) is 0 Å². The summed E-state index contributed by atoms with van der Waals surface area (Å²) in [6, 6.07) is 10.6. The zero-order valence-electron chi connectivity index (χ0n) is 29.2. The quantitative estimate of drug-likeness (QED) is 0.0735. The van der Waals surface area contributed by atoms with Gasteiger partial charge in [0.1, 0.15) is 24.5 Å². The summed E-state index contributed by atoms with van der Waals surface area (Å²) < 4.78 is 41.5. The van der Waals surface area contributed by atoms with E-state index in [0.29, 0.717) is 36.9 Å². The van der Waals surface area contributed by atoms with Crippen molar-refractivity contribution in [3.05, 3.63) is 112 Å². The SMILES string of the molecule is C/C(=C\COC1=c2ccoc2=C[CH-]C1C=C[C-]1O[C@H](CC/C(C)=C/COc2ccc3ccc(=O)oc3c2)C(C)(C)O1)CCC1OC1(C)C.[U+2]. The summed E-state index contributed by atoms with van der Waals surface area (Å²) in [5.74, 6) is 1.41. The van der Waals surface area contributed by atoms with E-state index in [1.165, 1.54) is 17.2 Å². The first-order chi connectivity index (χ1) is 23.0. The molecule has 0 N–H and O–H groups in total. The molecule has 3 aromatic rings. The van der Waals surface area contributed by atoms with E-state index >= 15 is 0 Å². The average Bonchev–Trinajstić information content (AvgIpc) is 3.32. The van der Waals surface area contributed by atoms with E-state index in [9.17, 15) is 4.79 Å². The molecule has 2 fully saturated rings. The summed E-state index contributed by atoms with van der Waals surface area (Å²) in [6.45, 7) is 13.5. The van der Waals surface area contributed by atoms with Crippen molar-refractivity contribution < 1.29 is 63.6 Å². The second kappa shape index (κ2) is 15.9. The Balaban J connectivity index is 0.00000468. The van der Waals surface area contributed by atoms with E-state index in [1.54, 1.807) is 18.4 Å². The Labute approximate surface area is 312 Å². The number of ether oxygens (including phenoxy) is 5. The Morgan fingerprint density at radius 3 is 2.37 bits per heavy atom. The third-order valence-electron chi connectivity index (χ3n) is 9.27. The van der Waals surface area contributed by atoms with Gasteiger partial charge in [-0.1, -0.05) is 17.1 Å². The number of allylic oxidation sites excluding steroid dienone is 2. The summed E-state index contributed by atoms with van der Waals surface area (Å²) in [5.41, 5.74) is 2.96. The molecule has 6 rings (SSSR count). The first-order valence-corrected chi connectivity index (χ1v) is 16.8. The number of hydrogen-bond donors (Lipinski definition) is 0. The van der Waals surface area contributed by atoms with Gasteiger partial charge in [-0.15, -0.1) is 0 Å². The van der Waals surface area contributed by atoms with Crippen molar-refractivity contribution in [2.24, 2.45) is 5.92 Å². The normalized spacial score (nSPS) is 22.8. The largest absolute Gasteiger partial charge is 2.00 e. The van der Waals surface area contributed by atoms with E-state index in [0.717, 1.165) is 47.5 Å². The maximum Gasteiger partial charge on any atom is 2.00 e. The van der Waals surface area contributed by atoms with Gasteiger partial charge in [-0.05, 0) is 114 Å². The number of fused-ring (bicyclic) bond motifs is 2. The van der Waals surface area contributed by atoms with Crippen LogP contribution >= 0.6 is 0 Å². The van der Waals surface area contributed by atoms with E-state index in [-0.39, 0.29) is 54.4 Å². The monoisotopic (exact) mass is 892 g/mol. The molecule has 0 saturated carbocycles. The molecule has 1 aliphatic carbocycles. The zero-order valence-corrected chi connectivity index (χ0v) is 33.4. The van der Waals surface area contributed by atoms with Crippen LogP contribution in [-0.2, 0) is 18.9 Å². The van der Waals surface area contributed by atoms with Crippen LogP contribution in [0.2, 0.25) is 0 Å². The summed E-state index contributed by atoms with van der Waals surface area (Å²) in [6.07, 6.45) is 18.3. The van der Waals surface area contributed by atoms with Crippen molar-refractivity contribution in [1.82, 2.24) is 0 Å². The maximum absolute atomic E-state index is 11.5. The molecule has 9 heteroatoms. The Morgan fingerprint density at radius 1 is 0.939 bits per heavy atom. The first kappa shape index (κ1) is 37.2. The van der Waals surface area contributed by atoms with E-state index in [2.05, 4.69) is 66.2 Å². The molecule has 0 spiro atoms. The summed E-state index contributed by atoms with van der Waals surface area (Å²) in [7, 11) is 0. The summed E-state index contributed by atoms with van der Waals surface area (Å²) >= 11 is 0. The van der Waals surface area contributed by atoms with Gasteiger partial charge in [0, 0.05) is 23.8 Å². The zero-order chi connectivity index (χ0) is 33.9. The van der Waals surface area contributed by atoms with Gasteiger partial charge in [0.25, 0.3) is 0 Å². The molecule has 2 aliphatic heterocycles. The van der Waals surface area contributed by atoms with Gasteiger partial charge >= 0.3 is 36.7 Å². The molecule has 3 aliphatic rings. The Kier molecular flexibility index (Phi) is 12.1. The van der Waals surface area contributed by atoms with Crippen LogP contribution in [0.25, 0.3) is 22.8 Å². The fraction of sp³-hybridized carbons (Fsp3) is 0.425. The van der Waals surface area contributed by atoms with Crippen molar-refractivity contribution in [2.45, 2.75) is 90.6 Å². The maximum atomic E-state index is 11.5. The number of rotatable bonds is 14. The molecule has 0 amide bonds. The standard InChI is InChI=1S/C40H46O8.U/c1-26(19-22-42-30-13-9-28-11-17-36(41)45-33(28)25-30)7-15-34-39(3,4)48-37(46-34)18-12-29-10-14-32-31(21-24-43-32)38(29)44-23-20-27(2)8-16-35-40(5,6)47-35;/h9-14,17-21,24-25,29,34-35H,7-8,15-16,22-23H2,1-6H3;/q-2;+2/b18-12?,26-19+,27-20+;/t29?,34-,35?;/m1./s1. The summed E-state index contributed by atoms with van der Waals surface area (Å²) in [4.78, 5) is 11.5. The van der Waals surface area contributed by atoms with Crippen molar-refractivity contribution >= 4 is 22.8 Å². The molecule has 2 saturated heterocycles. The Morgan fingerprint density at radius 2 is 1.63 bits per heavy atom. The fourth-order valence-electron chi connectivity index (χ4n) is 6.08. The van der Waals surface area contributed by atoms with E-state index in [1.807, 2.05) is 30.4 Å². The third kappa shape index (κ3) is 9.59. The molecule has 4 heterocycles. The van der Waals surface area contributed by atoms with Crippen LogP contribution in [0.5, 0.6) is 5.75 Å². The minimum atomic E-state index is -0.475. The number of benzene rings is 1. The second-order valence-corrected chi connectivity index (χ2v) is 13.9. The molecule has 3 atom stereocenters. The predicted molar refractivity (Wildman–Crippen MR) is 185 cm³/mol. The molecule has 8 nitrogen and oxygen atoms in total. The smallest absolute Gasteiger partial charge is 0.551 e. The Hall–Kier alpha value is -3.06. The molecule has 258 valence electrons. The van der Waals surface area contributed by atoms with Gasteiger partial charge in [-0.2, -0.15) is 12.2 Å². The van der Waals surface area contributed by atoms with E-state index in [4.69, 9.17) is 32.5 Å². The molecule has 0 bridgehead atoms.